The quantitative estimate of drug-likeness (QED) is 0.532. The van der Waals surface area contributed by atoms with E-state index in [1.807, 2.05) is 18.2 Å². The summed E-state index contributed by atoms with van der Waals surface area (Å²) >= 11 is 0. The minimum Gasteiger partial charge on any atom is -0.504 e. The minimum atomic E-state index is -0.306. The summed E-state index contributed by atoms with van der Waals surface area (Å²) in [7, 11) is 3.06. The zero-order valence-electron chi connectivity index (χ0n) is 15.6. The van der Waals surface area contributed by atoms with Gasteiger partial charge in [-0.05, 0) is 48.9 Å². The SMILES string of the molecule is COc1ccc2[nH]c3c(=O)n(/N=C/c4ccc(O)c(OC)c4)c(C)nc3c2c1. The van der Waals surface area contributed by atoms with E-state index < -0.39 is 0 Å². The van der Waals surface area contributed by atoms with Gasteiger partial charge in [-0.25, -0.2) is 4.98 Å². The number of aromatic hydroxyl groups is 1. The lowest BCUT2D eigenvalue weighted by atomic mass is 10.2. The van der Waals surface area contributed by atoms with Crippen LogP contribution in [-0.4, -0.2) is 40.2 Å². The third-order valence-electron chi connectivity index (χ3n) is 4.49. The van der Waals surface area contributed by atoms with E-state index >= 15 is 0 Å². The first kappa shape index (κ1) is 17.6. The lowest BCUT2D eigenvalue weighted by molar-refractivity contribution is 0.373. The number of rotatable bonds is 4. The van der Waals surface area contributed by atoms with Crippen LogP contribution in [0.2, 0.25) is 0 Å². The number of phenolic OH excluding ortho intramolecular Hbond substituents is 1. The van der Waals surface area contributed by atoms with E-state index in [-0.39, 0.29) is 11.3 Å². The number of fused-ring (bicyclic) bond motifs is 3. The Bertz CT molecular complexity index is 1290. The topological polar surface area (TPSA) is 102 Å². The van der Waals surface area contributed by atoms with Crippen LogP contribution in [0.15, 0.2) is 46.3 Å². The van der Waals surface area contributed by atoms with Crippen LogP contribution in [0.3, 0.4) is 0 Å². The monoisotopic (exact) mass is 378 g/mol. The zero-order chi connectivity index (χ0) is 19.8. The van der Waals surface area contributed by atoms with Crippen molar-refractivity contribution in [2.24, 2.45) is 5.10 Å². The fourth-order valence-corrected chi connectivity index (χ4v) is 3.05. The molecule has 0 atom stereocenters. The van der Waals surface area contributed by atoms with E-state index in [2.05, 4.69) is 15.1 Å². The predicted octanol–water partition coefficient (Wildman–Crippen LogP) is 2.79. The number of aromatic nitrogens is 3. The second-order valence-corrected chi connectivity index (χ2v) is 6.21. The lowest BCUT2D eigenvalue weighted by Gasteiger charge is -2.05. The third kappa shape index (κ3) is 2.84. The summed E-state index contributed by atoms with van der Waals surface area (Å²) in [5.74, 6) is 1.50. The Morgan fingerprint density at radius 2 is 2.00 bits per heavy atom. The van der Waals surface area contributed by atoms with E-state index in [1.165, 1.54) is 24.1 Å². The molecule has 0 fully saturated rings. The molecule has 8 heteroatoms. The molecule has 2 N–H and O–H groups in total. The molecule has 0 unspecified atom stereocenters. The smallest absolute Gasteiger partial charge is 0.298 e. The number of hydrogen-bond acceptors (Lipinski definition) is 6. The Balaban J connectivity index is 1.84. The van der Waals surface area contributed by atoms with E-state index in [9.17, 15) is 9.90 Å². The number of ether oxygens (including phenoxy) is 2. The molecule has 0 aliphatic carbocycles. The van der Waals surface area contributed by atoms with Crippen molar-refractivity contribution in [3.8, 4) is 17.2 Å². The molecule has 0 aliphatic heterocycles. The maximum atomic E-state index is 13.0. The summed E-state index contributed by atoms with van der Waals surface area (Å²) in [6.45, 7) is 1.72. The number of nitrogens with zero attached hydrogens (tertiary/aromatic N) is 3. The summed E-state index contributed by atoms with van der Waals surface area (Å²) in [4.78, 5) is 20.6. The normalized spacial score (nSPS) is 11.5. The number of aryl methyl sites for hydroxylation is 1. The van der Waals surface area contributed by atoms with Gasteiger partial charge < -0.3 is 19.6 Å². The Morgan fingerprint density at radius 3 is 2.75 bits per heavy atom. The lowest BCUT2D eigenvalue weighted by Crippen LogP contribution is -2.20. The highest BCUT2D eigenvalue weighted by atomic mass is 16.5. The molecule has 8 nitrogen and oxygen atoms in total. The fourth-order valence-electron chi connectivity index (χ4n) is 3.05. The van der Waals surface area contributed by atoms with Gasteiger partial charge in [0.2, 0.25) is 0 Å². The van der Waals surface area contributed by atoms with E-state index in [4.69, 9.17) is 9.47 Å². The van der Waals surface area contributed by atoms with Crippen LogP contribution in [-0.2, 0) is 0 Å². The second kappa shape index (κ2) is 6.73. The molecular formula is C20H18N4O4. The van der Waals surface area contributed by atoms with Gasteiger partial charge in [0.15, 0.2) is 11.5 Å². The number of nitrogens with one attached hydrogen (secondary N) is 1. The van der Waals surface area contributed by atoms with Crippen LogP contribution in [0.1, 0.15) is 11.4 Å². The molecule has 28 heavy (non-hydrogen) atoms. The molecule has 2 heterocycles. The molecule has 2 aromatic heterocycles. The largest absolute Gasteiger partial charge is 0.504 e. The van der Waals surface area contributed by atoms with Crippen molar-refractivity contribution in [3.05, 3.63) is 58.1 Å². The van der Waals surface area contributed by atoms with Crippen LogP contribution >= 0.6 is 0 Å². The Hall–Kier alpha value is -3.81. The summed E-state index contributed by atoms with van der Waals surface area (Å²) in [6.07, 6.45) is 1.51. The minimum absolute atomic E-state index is 0.0320. The number of H-pyrrole nitrogens is 1. The van der Waals surface area contributed by atoms with Crippen molar-refractivity contribution in [1.29, 1.82) is 0 Å². The first-order valence-corrected chi connectivity index (χ1v) is 8.52. The molecule has 0 aliphatic rings. The Morgan fingerprint density at radius 1 is 1.18 bits per heavy atom. The highest BCUT2D eigenvalue weighted by molar-refractivity contribution is 6.05. The molecule has 0 amide bonds. The van der Waals surface area contributed by atoms with Crippen molar-refractivity contribution in [3.63, 3.8) is 0 Å². The Kier molecular flexibility index (Phi) is 4.23. The van der Waals surface area contributed by atoms with Gasteiger partial charge in [-0.15, -0.1) is 0 Å². The van der Waals surface area contributed by atoms with Crippen LogP contribution < -0.4 is 15.0 Å². The van der Waals surface area contributed by atoms with Gasteiger partial charge in [0.05, 0.1) is 20.4 Å². The molecule has 0 spiro atoms. The maximum Gasteiger partial charge on any atom is 0.298 e. The number of aromatic amines is 1. The molecule has 0 saturated heterocycles. The molecule has 4 aromatic rings. The maximum absolute atomic E-state index is 13.0. The van der Waals surface area contributed by atoms with Crippen LogP contribution in [0, 0.1) is 6.92 Å². The highest BCUT2D eigenvalue weighted by Crippen LogP contribution is 2.27. The van der Waals surface area contributed by atoms with Crippen molar-refractivity contribution in [1.82, 2.24) is 14.6 Å². The summed E-state index contributed by atoms with van der Waals surface area (Å²) < 4.78 is 11.6. The highest BCUT2D eigenvalue weighted by Gasteiger charge is 2.14. The van der Waals surface area contributed by atoms with Gasteiger partial charge in [-0.2, -0.15) is 9.78 Å². The van der Waals surface area contributed by atoms with Crippen molar-refractivity contribution < 1.29 is 14.6 Å². The second-order valence-electron chi connectivity index (χ2n) is 6.21. The fraction of sp³-hybridized carbons (Fsp3) is 0.150. The molecule has 4 rings (SSSR count). The molecule has 142 valence electrons. The predicted molar refractivity (Wildman–Crippen MR) is 107 cm³/mol. The Labute approximate surface area is 159 Å². The standard InChI is InChI=1S/C20H18N4O4/c1-11-22-18-14-9-13(27-2)5-6-15(14)23-19(18)20(26)24(11)21-10-12-4-7-16(25)17(8-12)28-3/h4-10,23,25H,1-3H3/b21-10+. The van der Waals surface area contributed by atoms with Crippen LogP contribution in [0.25, 0.3) is 21.9 Å². The first-order chi connectivity index (χ1) is 13.5. The third-order valence-corrected chi connectivity index (χ3v) is 4.49. The van der Waals surface area contributed by atoms with Gasteiger partial charge in [0.1, 0.15) is 22.6 Å². The summed E-state index contributed by atoms with van der Waals surface area (Å²) in [5, 5.41) is 14.8. The molecule has 2 aromatic carbocycles. The van der Waals surface area contributed by atoms with Crippen LogP contribution in [0.5, 0.6) is 17.2 Å². The number of hydrogen-bond donors (Lipinski definition) is 2. The number of methoxy groups -OCH3 is 2. The summed E-state index contributed by atoms with van der Waals surface area (Å²) in [6, 6.07) is 10.3. The van der Waals surface area contributed by atoms with E-state index in [0.29, 0.717) is 33.9 Å². The van der Waals surface area contributed by atoms with Gasteiger partial charge in [-0.1, -0.05) is 0 Å². The average molecular weight is 378 g/mol. The van der Waals surface area contributed by atoms with Crippen molar-refractivity contribution >= 4 is 28.2 Å². The first-order valence-electron chi connectivity index (χ1n) is 8.52. The van der Waals surface area contributed by atoms with Gasteiger partial charge >= 0.3 is 0 Å². The van der Waals surface area contributed by atoms with Crippen molar-refractivity contribution in [2.45, 2.75) is 6.92 Å². The molecular weight excluding hydrogens is 360 g/mol. The van der Waals surface area contributed by atoms with Gasteiger partial charge in [0, 0.05) is 10.9 Å². The van der Waals surface area contributed by atoms with Crippen molar-refractivity contribution in [2.75, 3.05) is 14.2 Å². The molecule has 0 radical (unpaired) electrons. The van der Waals surface area contributed by atoms with Crippen LogP contribution in [0.4, 0.5) is 0 Å². The van der Waals surface area contributed by atoms with Gasteiger partial charge in [-0.3, -0.25) is 4.79 Å². The average Bonchev–Trinajstić information content (AvgIpc) is 3.06. The molecule has 0 bridgehead atoms. The number of benzene rings is 2. The van der Waals surface area contributed by atoms with E-state index in [0.717, 1.165) is 10.9 Å². The summed E-state index contributed by atoms with van der Waals surface area (Å²) in [5.41, 5.74) is 2.11. The number of phenols is 1. The van der Waals surface area contributed by atoms with Gasteiger partial charge in [0.25, 0.3) is 5.56 Å². The molecule has 0 saturated carbocycles. The zero-order valence-corrected chi connectivity index (χ0v) is 15.6. The van der Waals surface area contributed by atoms with E-state index in [1.54, 1.807) is 26.2 Å².